The van der Waals surface area contributed by atoms with Crippen LogP contribution >= 0.6 is 11.6 Å². The Morgan fingerprint density at radius 1 is 1.13 bits per heavy atom. The van der Waals surface area contributed by atoms with E-state index >= 15 is 0 Å². The number of piperazine rings is 1. The molecule has 31 heavy (non-hydrogen) atoms. The first-order valence-corrected chi connectivity index (χ1v) is 10.5. The smallest absolute Gasteiger partial charge is 0.666 e. The second-order valence-corrected chi connectivity index (χ2v) is 7.92. The standard InChI is InChI=1S/C19H16ClN4.C4H10N2.Rb/c1-24-11-22-10-18(24)19(21)16-7-13-3-2-6-23-17(13)8-12-4-5-14(20)9-15(12)16;1-2-6-4-3-5-1;/h2-7,9-11,19,21H,8H2,1H3;5-6H,1-4H2;/q-1;;+1. The Morgan fingerprint density at radius 2 is 1.87 bits per heavy atom. The molecule has 8 heteroatoms. The van der Waals surface area contributed by atoms with Gasteiger partial charge in [-0.2, -0.15) is 0 Å². The van der Waals surface area contributed by atoms with Gasteiger partial charge in [0.05, 0.1) is 12.0 Å². The molecule has 0 radical (unpaired) electrons. The first-order valence-electron chi connectivity index (χ1n) is 10.2. The average Bonchev–Trinajstić information content (AvgIpc) is 3.14. The number of hydrogen-bond donors (Lipinski definition) is 2. The molecule has 6 nitrogen and oxygen atoms in total. The number of nitrogens with zero attached hydrogens (tertiary/aromatic N) is 3. The zero-order valence-electron chi connectivity index (χ0n) is 18.0. The Kier molecular flexibility index (Phi) is 9.61. The Balaban J connectivity index is 0.000000338. The van der Waals surface area contributed by atoms with E-state index in [1.165, 1.54) is 0 Å². The Bertz CT molecular complexity index is 1030. The van der Waals surface area contributed by atoms with E-state index < -0.39 is 6.04 Å². The maximum absolute atomic E-state index is 8.81. The van der Waals surface area contributed by atoms with Crippen LogP contribution in [0.5, 0.6) is 0 Å². The van der Waals surface area contributed by atoms with E-state index in [9.17, 15) is 0 Å². The van der Waals surface area contributed by atoms with Gasteiger partial charge in [-0.3, -0.25) is 4.98 Å². The molecule has 3 N–H and O–H groups in total. The molecule has 2 aromatic heterocycles. The summed E-state index contributed by atoms with van der Waals surface area (Å²) in [7, 11) is 1.91. The van der Waals surface area contributed by atoms with Crippen LogP contribution in [0.25, 0.3) is 17.4 Å². The van der Waals surface area contributed by atoms with E-state index in [4.69, 9.17) is 17.3 Å². The summed E-state index contributed by atoms with van der Waals surface area (Å²) in [6, 6.07) is 9.32. The summed E-state index contributed by atoms with van der Waals surface area (Å²) in [6.07, 6.45) is 8.09. The van der Waals surface area contributed by atoms with Crippen molar-refractivity contribution in [2.24, 2.45) is 7.05 Å². The zero-order valence-corrected chi connectivity index (χ0v) is 23.7. The number of halogens is 1. The predicted molar refractivity (Wildman–Crippen MR) is 122 cm³/mol. The molecular formula is C23H26ClN6Rb. The van der Waals surface area contributed by atoms with Gasteiger partial charge in [0.25, 0.3) is 0 Å². The molecule has 1 atom stereocenters. The van der Waals surface area contributed by atoms with Crippen LogP contribution in [0, 0.1) is 0 Å². The van der Waals surface area contributed by atoms with Crippen molar-refractivity contribution in [2.45, 2.75) is 12.5 Å². The molecule has 1 saturated heterocycles. The van der Waals surface area contributed by atoms with Gasteiger partial charge in [0.2, 0.25) is 0 Å². The van der Waals surface area contributed by atoms with Crippen LogP contribution < -0.4 is 68.8 Å². The minimum absolute atomic E-state index is 0. The van der Waals surface area contributed by atoms with Crippen LogP contribution in [0.15, 0.2) is 49.1 Å². The minimum atomic E-state index is -0.541. The Hall–Kier alpha value is -0.705. The molecule has 5 rings (SSSR count). The molecule has 2 aliphatic rings. The number of rotatable bonds is 2. The number of benzene rings is 1. The summed E-state index contributed by atoms with van der Waals surface area (Å²) >= 11 is 6.25. The molecule has 1 aliphatic carbocycles. The van der Waals surface area contributed by atoms with Gasteiger partial charge in [0.15, 0.2) is 0 Å². The topological polar surface area (TPSA) is 78.6 Å². The third-order valence-electron chi connectivity index (χ3n) is 5.40. The van der Waals surface area contributed by atoms with Crippen LogP contribution in [0.3, 0.4) is 0 Å². The number of pyridine rings is 1. The second kappa shape index (κ2) is 12.0. The molecule has 3 heterocycles. The molecule has 3 aromatic rings. The largest absolute Gasteiger partial charge is 1.00 e. The fourth-order valence-electron chi connectivity index (χ4n) is 3.77. The number of nitrogens with one attached hydrogen (secondary N) is 3. The van der Waals surface area contributed by atoms with Gasteiger partial charge in [0.1, 0.15) is 0 Å². The molecule has 1 fully saturated rings. The van der Waals surface area contributed by atoms with Crippen molar-refractivity contribution < 1.29 is 58.2 Å². The summed E-state index contributed by atoms with van der Waals surface area (Å²) in [5.41, 5.74) is 14.8. The van der Waals surface area contributed by atoms with Crippen LogP contribution in [0.4, 0.5) is 0 Å². The quantitative estimate of drug-likeness (QED) is 0.541. The average molecular weight is 507 g/mol. The van der Waals surface area contributed by atoms with Gasteiger partial charge in [-0.25, -0.2) is 4.98 Å². The van der Waals surface area contributed by atoms with Crippen molar-refractivity contribution in [3.05, 3.63) is 87.9 Å². The number of hydrogen-bond acceptors (Lipinski definition) is 4. The number of fused-ring (bicyclic) bond motifs is 2. The second-order valence-electron chi connectivity index (χ2n) is 7.48. The monoisotopic (exact) mass is 506 g/mol. The van der Waals surface area contributed by atoms with Crippen molar-refractivity contribution >= 4 is 23.3 Å². The number of imidazole rings is 1. The van der Waals surface area contributed by atoms with Crippen molar-refractivity contribution in [3.63, 3.8) is 0 Å². The molecule has 0 spiro atoms. The fraction of sp³-hybridized carbons (Fsp3) is 0.304. The van der Waals surface area contributed by atoms with Crippen LogP contribution in [-0.2, 0) is 13.5 Å². The van der Waals surface area contributed by atoms with Gasteiger partial charge in [-0.1, -0.05) is 41.4 Å². The minimum Gasteiger partial charge on any atom is -0.666 e. The van der Waals surface area contributed by atoms with E-state index in [1.54, 1.807) is 12.5 Å². The van der Waals surface area contributed by atoms with E-state index in [1.807, 2.05) is 48.1 Å². The fourth-order valence-corrected chi connectivity index (χ4v) is 3.95. The van der Waals surface area contributed by atoms with Crippen LogP contribution in [0.1, 0.15) is 34.1 Å². The van der Waals surface area contributed by atoms with E-state index in [2.05, 4.69) is 26.7 Å². The molecule has 156 valence electrons. The normalized spacial score (nSPS) is 15.8. The number of aromatic nitrogens is 3. The van der Waals surface area contributed by atoms with E-state index in [-0.39, 0.29) is 58.2 Å². The van der Waals surface area contributed by atoms with Crippen molar-refractivity contribution in [1.29, 1.82) is 0 Å². The number of aryl methyl sites for hydroxylation is 1. The molecule has 0 amide bonds. The molecular weight excluding hydrogens is 481 g/mol. The third kappa shape index (κ3) is 6.21. The van der Waals surface area contributed by atoms with Gasteiger partial charge < -0.3 is 20.9 Å². The predicted octanol–water partition coefficient (Wildman–Crippen LogP) is 0.890. The van der Waals surface area contributed by atoms with Crippen LogP contribution in [-0.4, -0.2) is 40.7 Å². The zero-order chi connectivity index (χ0) is 20.9. The van der Waals surface area contributed by atoms with Gasteiger partial charge in [-0.15, -0.1) is 0 Å². The molecule has 1 unspecified atom stereocenters. The molecule has 1 aliphatic heterocycles. The Morgan fingerprint density at radius 3 is 2.52 bits per heavy atom. The van der Waals surface area contributed by atoms with E-state index in [0.29, 0.717) is 5.02 Å². The summed E-state index contributed by atoms with van der Waals surface area (Å²) in [5.74, 6) is 0. The molecule has 0 saturated carbocycles. The summed E-state index contributed by atoms with van der Waals surface area (Å²) in [6.45, 7) is 4.56. The summed E-state index contributed by atoms with van der Waals surface area (Å²) < 4.78 is 1.89. The third-order valence-corrected chi connectivity index (χ3v) is 5.63. The van der Waals surface area contributed by atoms with Crippen molar-refractivity contribution in [3.8, 4) is 0 Å². The van der Waals surface area contributed by atoms with Gasteiger partial charge in [0, 0.05) is 62.8 Å². The van der Waals surface area contributed by atoms with E-state index in [0.717, 1.165) is 66.3 Å². The molecule has 0 bridgehead atoms. The SMILES string of the molecule is C1CNCCN1.Cn1cncc1C([NH-])C1=Cc2cccnc2Cc2ccc(Cl)cc21.[Rb+]. The maximum Gasteiger partial charge on any atom is 1.00 e. The summed E-state index contributed by atoms with van der Waals surface area (Å²) in [4.78, 5) is 8.67. The van der Waals surface area contributed by atoms with Crippen molar-refractivity contribution in [1.82, 2.24) is 25.2 Å². The first-order chi connectivity index (χ1) is 14.6. The van der Waals surface area contributed by atoms with Crippen molar-refractivity contribution in [2.75, 3.05) is 26.2 Å². The molecule has 1 aromatic carbocycles. The Labute approximate surface area is 237 Å². The van der Waals surface area contributed by atoms with Crippen LogP contribution in [0.2, 0.25) is 5.02 Å². The first kappa shape index (κ1) is 24.9. The maximum atomic E-state index is 8.81. The van der Waals surface area contributed by atoms with Gasteiger partial charge >= 0.3 is 58.2 Å². The van der Waals surface area contributed by atoms with Gasteiger partial charge in [-0.05, 0) is 34.9 Å². The summed E-state index contributed by atoms with van der Waals surface area (Å²) in [5, 5.41) is 7.12.